The predicted octanol–water partition coefficient (Wildman–Crippen LogP) is 8.44. The second-order valence-corrected chi connectivity index (χ2v) is 9.49. The van der Waals surface area contributed by atoms with Crippen LogP contribution >= 0.6 is 0 Å². The summed E-state index contributed by atoms with van der Waals surface area (Å²) < 4.78 is 26.7. The number of pyridine rings is 1. The zero-order valence-corrected chi connectivity index (χ0v) is 21.6. The third-order valence-corrected chi connectivity index (χ3v) is 7.05. The quantitative estimate of drug-likeness (QED) is 0.234. The van der Waals surface area contributed by atoms with Gasteiger partial charge in [-0.2, -0.15) is 5.10 Å². The average Bonchev–Trinajstić information content (AvgIpc) is 3.46. The molecular weight excluding hydrogens is 480 g/mol. The second kappa shape index (κ2) is 9.30. The number of rotatable bonds is 5. The van der Waals surface area contributed by atoms with Crippen LogP contribution in [-0.2, 0) is 0 Å². The molecule has 7 rings (SSSR count). The van der Waals surface area contributed by atoms with Gasteiger partial charge in [-0.05, 0) is 61.9 Å². The Hall–Kier alpha value is -5.16. The first-order valence-corrected chi connectivity index (χ1v) is 12.8. The van der Waals surface area contributed by atoms with Gasteiger partial charge in [0.15, 0.2) is 0 Å². The van der Waals surface area contributed by atoms with E-state index in [4.69, 9.17) is 12.6 Å². The highest BCUT2D eigenvalue weighted by Crippen LogP contribution is 2.35. The van der Waals surface area contributed by atoms with Crippen molar-refractivity contribution in [3.63, 3.8) is 0 Å². The summed E-state index contributed by atoms with van der Waals surface area (Å²) in [7, 11) is 0. The molecule has 0 bridgehead atoms. The van der Waals surface area contributed by atoms with Crippen LogP contribution in [0.4, 0.5) is 0 Å². The van der Waals surface area contributed by atoms with Gasteiger partial charge in [0.2, 0.25) is 0 Å². The van der Waals surface area contributed by atoms with E-state index >= 15 is 0 Å². The summed E-state index contributed by atoms with van der Waals surface area (Å²) in [5, 5.41) is 6.79. The van der Waals surface area contributed by atoms with Crippen LogP contribution in [0.15, 0.2) is 121 Å². The van der Waals surface area contributed by atoms with E-state index in [0.717, 1.165) is 50.0 Å². The minimum Gasteiger partial charge on any atom is -0.457 e. The SMILES string of the molecule is [2H]c1ccnc(-n2c3ccc([2H])cc3c3ccc(Oc4cccc(-n5nc(C)c(-c6ccccc6)c5C)c4)cc32)c1. The maximum Gasteiger partial charge on any atom is 0.137 e. The van der Waals surface area contributed by atoms with Crippen molar-refractivity contribution in [3.8, 4) is 34.1 Å². The Morgan fingerprint density at radius 3 is 2.41 bits per heavy atom. The molecule has 0 fully saturated rings. The molecule has 0 aliphatic rings. The van der Waals surface area contributed by atoms with E-state index in [0.29, 0.717) is 29.4 Å². The standard InChI is InChI=1S/C34H26N4O/c1-23-34(25-11-4-3-5-12-25)24(2)38(36-23)26-13-10-14-27(21-26)39-28-18-19-30-29-15-6-7-16-31(29)37(32(30)22-28)33-17-8-9-20-35-33/h3-22H,1-2H3/i6D,8D. The molecule has 5 heteroatoms. The van der Waals surface area contributed by atoms with Crippen LogP contribution in [0.2, 0.25) is 0 Å². The molecule has 3 heterocycles. The van der Waals surface area contributed by atoms with Crippen LogP contribution in [0.1, 0.15) is 14.1 Å². The van der Waals surface area contributed by atoms with Crippen molar-refractivity contribution in [3.05, 3.63) is 133 Å². The maximum absolute atomic E-state index is 8.17. The summed E-state index contributed by atoms with van der Waals surface area (Å²) in [6.45, 7) is 4.13. The summed E-state index contributed by atoms with van der Waals surface area (Å²) in [5.74, 6) is 2.01. The van der Waals surface area contributed by atoms with Crippen LogP contribution in [0.25, 0.3) is 44.4 Å². The smallest absolute Gasteiger partial charge is 0.137 e. The van der Waals surface area contributed by atoms with Gasteiger partial charge in [0.1, 0.15) is 17.3 Å². The molecule has 0 saturated carbocycles. The first-order chi connectivity index (χ1) is 20.0. The fraction of sp³-hybridized carbons (Fsp3) is 0.0588. The predicted molar refractivity (Wildman–Crippen MR) is 157 cm³/mol. The minimum absolute atomic E-state index is 0.380. The fourth-order valence-corrected chi connectivity index (χ4v) is 5.37. The molecule has 0 amide bonds. The van der Waals surface area contributed by atoms with E-state index in [2.05, 4.69) is 24.0 Å². The highest BCUT2D eigenvalue weighted by molar-refractivity contribution is 6.09. The lowest BCUT2D eigenvalue weighted by Gasteiger charge is -2.11. The molecular formula is C34H26N4O. The van der Waals surface area contributed by atoms with E-state index < -0.39 is 0 Å². The van der Waals surface area contributed by atoms with Crippen molar-refractivity contribution in [2.24, 2.45) is 0 Å². The minimum atomic E-state index is 0.380. The number of benzene rings is 4. The molecule has 0 unspecified atom stereocenters. The highest BCUT2D eigenvalue weighted by Gasteiger charge is 2.16. The Labute approximate surface area is 229 Å². The van der Waals surface area contributed by atoms with E-state index in [1.165, 1.54) is 0 Å². The zero-order valence-electron chi connectivity index (χ0n) is 23.6. The van der Waals surface area contributed by atoms with E-state index in [1.807, 2.05) is 89.0 Å². The lowest BCUT2D eigenvalue weighted by atomic mass is 10.0. The Morgan fingerprint density at radius 2 is 1.54 bits per heavy atom. The maximum atomic E-state index is 8.17. The zero-order chi connectivity index (χ0) is 28.1. The number of hydrogen-bond acceptors (Lipinski definition) is 3. The summed E-state index contributed by atoms with van der Waals surface area (Å²) in [6, 6.07) is 34.0. The molecule has 0 aliphatic heterocycles. The molecule has 4 aromatic carbocycles. The van der Waals surface area contributed by atoms with E-state index in [1.54, 1.807) is 24.4 Å². The Kier molecular flexibility index (Phi) is 4.97. The molecule has 5 nitrogen and oxygen atoms in total. The van der Waals surface area contributed by atoms with Crippen molar-refractivity contribution < 1.29 is 7.48 Å². The average molecular weight is 509 g/mol. The van der Waals surface area contributed by atoms with Gasteiger partial charge in [-0.25, -0.2) is 9.67 Å². The van der Waals surface area contributed by atoms with Crippen LogP contribution < -0.4 is 4.74 Å². The summed E-state index contributed by atoms with van der Waals surface area (Å²) in [4.78, 5) is 4.55. The van der Waals surface area contributed by atoms with E-state index in [9.17, 15) is 0 Å². The third-order valence-electron chi connectivity index (χ3n) is 7.05. The molecule has 7 aromatic rings. The highest BCUT2D eigenvalue weighted by atomic mass is 16.5. The number of aromatic nitrogens is 4. The topological polar surface area (TPSA) is 44.9 Å². The fourth-order valence-electron chi connectivity index (χ4n) is 5.37. The number of fused-ring (bicyclic) bond motifs is 3. The normalized spacial score (nSPS) is 12.1. The molecule has 0 atom stereocenters. The summed E-state index contributed by atoms with van der Waals surface area (Å²) in [5.41, 5.74) is 7.05. The summed E-state index contributed by atoms with van der Waals surface area (Å²) >= 11 is 0. The van der Waals surface area contributed by atoms with Crippen LogP contribution in [0.5, 0.6) is 11.5 Å². The lowest BCUT2D eigenvalue weighted by molar-refractivity contribution is 0.483. The first kappa shape index (κ1) is 20.8. The largest absolute Gasteiger partial charge is 0.457 e. The molecule has 0 radical (unpaired) electrons. The van der Waals surface area contributed by atoms with Gasteiger partial charge in [0.05, 0.1) is 25.2 Å². The van der Waals surface area contributed by atoms with Gasteiger partial charge in [0.25, 0.3) is 0 Å². The Bertz CT molecular complexity index is 2080. The van der Waals surface area contributed by atoms with Crippen molar-refractivity contribution in [2.75, 3.05) is 0 Å². The van der Waals surface area contributed by atoms with Gasteiger partial charge < -0.3 is 4.74 Å². The second-order valence-electron chi connectivity index (χ2n) is 9.49. The number of para-hydroxylation sites is 1. The van der Waals surface area contributed by atoms with Gasteiger partial charge in [-0.15, -0.1) is 0 Å². The molecule has 39 heavy (non-hydrogen) atoms. The molecule has 0 spiro atoms. The molecule has 3 aromatic heterocycles. The van der Waals surface area contributed by atoms with Gasteiger partial charge in [0, 0.05) is 40.4 Å². The number of ether oxygens (including phenoxy) is 1. The van der Waals surface area contributed by atoms with Gasteiger partial charge in [-0.1, -0.05) is 60.6 Å². The first-order valence-electron chi connectivity index (χ1n) is 13.8. The third kappa shape index (κ3) is 3.96. The number of aryl methyl sites for hydroxylation is 1. The Balaban J connectivity index is 1.30. The van der Waals surface area contributed by atoms with Crippen molar-refractivity contribution in [2.45, 2.75) is 13.8 Å². The lowest BCUT2D eigenvalue weighted by Crippen LogP contribution is -1.99. The van der Waals surface area contributed by atoms with Crippen LogP contribution in [-0.4, -0.2) is 19.3 Å². The monoisotopic (exact) mass is 508 g/mol. The van der Waals surface area contributed by atoms with Gasteiger partial charge >= 0.3 is 0 Å². The molecule has 188 valence electrons. The van der Waals surface area contributed by atoms with Crippen molar-refractivity contribution in [1.82, 2.24) is 19.3 Å². The number of hydrogen-bond donors (Lipinski definition) is 0. The molecule has 0 saturated heterocycles. The summed E-state index contributed by atoms with van der Waals surface area (Å²) in [6.07, 6.45) is 1.64. The van der Waals surface area contributed by atoms with Gasteiger partial charge in [-0.3, -0.25) is 4.57 Å². The Morgan fingerprint density at radius 1 is 0.718 bits per heavy atom. The van der Waals surface area contributed by atoms with Crippen LogP contribution in [0, 0.1) is 13.8 Å². The molecule has 0 aliphatic carbocycles. The van der Waals surface area contributed by atoms with Crippen molar-refractivity contribution in [1.29, 1.82) is 0 Å². The molecule has 0 N–H and O–H groups in total. The van der Waals surface area contributed by atoms with Crippen molar-refractivity contribution >= 4 is 21.8 Å². The van der Waals surface area contributed by atoms with E-state index in [-0.39, 0.29) is 0 Å². The number of nitrogens with zero attached hydrogens (tertiary/aromatic N) is 4. The van der Waals surface area contributed by atoms with Crippen LogP contribution in [0.3, 0.4) is 0 Å².